The van der Waals surface area contributed by atoms with Crippen LogP contribution in [-0.4, -0.2) is 37.7 Å². The van der Waals surface area contributed by atoms with E-state index in [1.54, 1.807) is 37.3 Å². The lowest BCUT2D eigenvalue weighted by Crippen LogP contribution is -2.42. The van der Waals surface area contributed by atoms with Gasteiger partial charge in [-0.25, -0.2) is 9.59 Å². The highest BCUT2D eigenvalue weighted by molar-refractivity contribution is 5.83. The van der Waals surface area contributed by atoms with Gasteiger partial charge in [-0.15, -0.1) is 10.2 Å². The Labute approximate surface area is 119 Å². The lowest BCUT2D eigenvalue weighted by molar-refractivity contribution is -0.139. The largest absolute Gasteiger partial charge is 0.479 e. The molecule has 110 valence electrons. The Hall–Kier alpha value is -2.97. The molecule has 0 aliphatic carbocycles. The van der Waals surface area contributed by atoms with E-state index < -0.39 is 24.1 Å². The first-order valence-corrected chi connectivity index (χ1v) is 6.16. The van der Waals surface area contributed by atoms with E-state index in [9.17, 15) is 14.7 Å². The van der Waals surface area contributed by atoms with Crippen LogP contribution in [0.3, 0.4) is 0 Å². The lowest BCUT2D eigenvalue weighted by Gasteiger charge is -2.17. The summed E-state index contributed by atoms with van der Waals surface area (Å²) in [6.07, 6.45) is 0. The number of carboxylic acid groups (broad SMARTS) is 1. The summed E-state index contributed by atoms with van der Waals surface area (Å²) in [4.78, 5) is 23.1. The smallest absolute Gasteiger partial charge is 0.330 e. The van der Waals surface area contributed by atoms with Gasteiger partial charge in [0.25, 0.3) is 0 Å². The molecule has 0 fully saturated rings. The second-order valence-electron chi connectivity index (χ2n) is 4.29. The van der Waals surface area contributed by atoms with Gasteiger partial charge in [0.15, 0.2) is 11.9 Å². The van der Waals surface area contributed by atoms with Crippen LogP contribution in [0.15, 0.2) is 30.3 Å². The third kappa shape index (κ3) is 3.75. The molecule has 0 saturated carbocycles. The Balaban J connectivity index is 2.01. The molecule has 1 aromatic carbocycles. The lowest BCUT2D eigenvalue weighted by atomic mass is 10.1. The number of carbonyl (C=O) groups excluding carboxylic acids is 1. The summed E-state index contributed by atoms with van der Waals surface area (Å²) in [5.41, 5.74) is 0.479. The predicted molar refractivity (Wildman–Crippen MR) is 71.1 cm³/mol. The van der Waals surface area contributed by atoms with E-state index in [1.807, 2.05) is 0 Å². The molecule has 0 bridgehead atoms. The van der Waals surface area contributed by atoms with Crippen LogP contribution in [0.5, 0.6) is 0 Å². The molecule has 0 aliphatic heterocycles. The van der Waals surface area contributed by atoms with Crippen molar-refractivity contribution in [2.75, 3.05) is 0 Å². The highest BCUT2D eigenvalue weighted by atomic mass is 16.4. The van der Waals surface area contributed by atoms with Crippen molar-refractivity contribution in [1.82, 2.24) is 31.3 Å². The van der Waals surface area contributed by atoms with Gasteiger partial charge in [-0.3, -0.25) is 0 Å². The monoisotopic (exact) mass is 290 g/mol. The minimum atomic E-state index is -1.15. The summed E-state index contributed by atoms with van der Waals surface area (Å²) in [5.74, 6) is -0.847. The van der Waals surface area contributed by atoms with Crippen LogP contribution in [0.1, 0.15) is 30.4 Å². The van der Waals surface area contributed by atoms with E-state index in [1.165, 1.54) is 0 Å². The first-order chi connectivity index (χ1) is 10.1. The van der Waals surface area contributed by atoms with Crippen LogP contribution in [0.25, 0.3) is 0 Å². The fourth-order valence-electron chi connectivity index (χ4n) is 1.72. The molecular weight excluding hydrogens is 276 g/mol. The number of hydrogen-bond donors (Lipinski definition) is 4. The number of H-pyrrole nitrogens is 1. The molecule has 9 nitrogen and oxygen atoms in total. The van der Waals surface area contributed by atoms with Gasteiger partial charge in [0.2, 0.25) is 0 Å². The quantitative estimate of drug-likeness (QED) is 0.629. The van der Waals surface area contributed by atoms with Crippen molar-refractivity contribution in [2.24, 2.45) is 0 Å². The third-order valence-corrected chi connectivity index (χ3v) is 2.75. The van der Waals surface area contributed by atoms with Gasteiger partial charge in [0.05, 0.1) is 6.04 Å². The van der Waals surface area contributed by atoms with E-state index in [0.29, 0.717) is 11.4 Å². The van der Waals surface area contributed by atoms with Gasteiger partial charge in [-0.2, -0.15) is 5.21 Å². The molecule has 2 aromatic rings. The van der Waals surface area contributed by atoms with Gasteiger partial charge >= 0.3 is 12.0 Å². The Morgan fingerprint density at radius 2 is 1.95 bits per heavy atom. The molecule has 0 radical (unpaired) electrons. The minimum absolute atomic E-state index is 0.303. The van der Waals surface area contributed by atoms with Crippen molar-refractivity contribution in [1.29, 1.82) is 0 Å². The van der Waals surface area contributed by atoms with Crippen LogP contribution < -0.4 is 10.6 Å². The van der Waals surface area contributed by atoms with E-state index >= 15 is 0 Å². The number of aromatic nitrogens is 4. The number of nitrogens with zero attached hydrogens (tertiary/aromatic N) is 3. The van der Waals surface area contributed by atoms with Crippen molar-refractivity contribution >= 4 is 12.0 Å². The van der Waals surface area contributed by atoms with Crippen molar-refractivity contribution in [2.45, 2.75) is 19.0 Å². The molecule has 4 N–H and O–H groups in total. The van der Waals surface area contributed by atoms with Crippen LogP contribution in [0, 0.1) is 0 Å². The number of amides is 2. The zero-order valence-corrected chi connectivity index (χ0v) is 11.1. The normalized spacial score (nSPS) is 13.2. The van der Waals surface area contributed by atoms with Crippen LogP contribution in [0.4, 0.5) is 4.79 Å². The molecule has 0 saturated heterocycles. The second kappa shape index (κ2) is 6.46. The average Bonchev–Trinajstić information content (AvgIpc) is 2.99. The molecule has 2 amide bonds. The van der Waals surface area contributed by atoms with Crippen molar-refractivity contribution in [3.8, 4) is 0 Å². The SMILES string of the molecule is CC(NC(=O)N[C@H](C(=O)O)c1ccccc1)c1nn[nH]n1. The Kier molecular flexibility index (Phi) is 4.44. The third-order valence-electron chi connectivity index (χ3n) is 2.75. The molecule has 0 spiro atoms. The number of aliphatic carboxylic acids is 1. The van der Waals surface area contributed by atoms with Crippen LogP contribution in [-0.2, 0) is 4.79 Å². The first-order valence-electron chi connectivity index (χ1n) is 6.16. The standard InChI is InChI=1S/C12H14N6O3/c1-7(10-15-17-18-16-10)13-12(21)14-9(11(19)20)8-5-3-2-4-6-8/h2-7,9H,1H3,(H,19,20)(H2,13,14,21)(H,15,16,17,18)/t7?,9-/m0/s1. The fourth-order valence-corrected chi connectivity index (χ4v) is 1.72. The molecule has 9 heteroatoms. The summed E-state index contributed by atoms with van der Waals surface area (Å²) >= 11 is 0. The van der Waals surface area contributed by atoms with Crippen molar-refractivity contribution in [3.63, 3.8) is 0 Å². The van der Waals surface area contributed by atoms with Crippen LogP contribution in [0.2, 0.25) is 0 Å². The Bertz CT molecular complexity index is 601. The molecular formula is C12H14N6O3. The maximum absolute atomic E-state index is 11.9. The number of carboxylic acids is 1. The maximum Gasteiger partial charge on any atom is 0.330 e. The molecule has 0 aliphatic rings. The van der Waals surface area contributed by atoms with Gasteiger partial charge in [-0.05, 0) is 12.5 Å². The fraction of sp³-hybridized carbons (Fsp3) is 0.250. The van der Waals surface area contributed by atoms with Crippen molar-refractivity contribution in [3.05, 3.63) is 41.7 Å². The zero-order chi connectivity index (χ0) is 15.2. The number of carbonyl (C=O) groups is 2. The van der Waals surface area contributed by atoms with Gasteiger partial charge in [-0.1, -0.05) is 35.5 Å². The van der Waals surface area contributed by atoms with Gasteiger partial charge in [0.1, 0.15) is 0 Å². The second-order valence-corrected chi connectivity index (χ2v) is 4.29. The van der Waals surface area contributed by atoms with Crippen molar-refractivity contribution < 1.29 is 14.7 Å². The number of benzene rings is 1. The number of tetrazole rings is 1. The zero-order valence-electron chi connectivity index (χ0n) is 11.1. The predicted octanol–water partition coefficient (Wildman–Crippen LogP) is 0.386. The molecule has 1 aromatic heterocycles. The summed E-state index contributed by atoms with van der Waals surface area (Å²) in [6, 6.07) is 6.14. The van der Waals surface area contributed by atoms with Crippen LogP contribution >= 0.6 is 0 Å². The van der Waals surface area contributed by atoms with E-state index in [-0.39, 0.29) is 0 Å². The molecule has 1 heterocycles. The first kappa shape index (κ1) is 14.4. The maximum atomic E-state index is 11.9. The topological polar surface area (TPSA) is 133 Å². The Morgan fingerprint density at radius 3 is 2.52 bits per heavy atom. The number of hydrogen-bond acceptors (Lipinski definition) is 5. The summed E-state index contributed by atoms with van der Waals surface area (Å²) in [6.45, 7) is 1.66. The highest BCUT2D eigenvalue weighted by Gasteiger charge is 2.23. The van der Waals surface area contributed by atoms with E-state index in [4.69, 9.17) is 0 Å². The highest BCUT2D eigenvalue weighted by Crippen LogP contribution is 2.13. The number of nitrogens with one attached hydrogen (secondary N) is 3. The van der Waals surface area contributed by atoms with Gasteiger partial charge < -0.3 is 15.7 Å². The molecule has 2 atom stereocenters. The number of rotatable bonds is 5. The number of aromatic amines is 1. The van der Waals surface area contributed by atoms with E-state index in [2.05, 4.69) is 31.3 Å². The average molecular weight is 290 g/mol. The molecule has 21 heavy (non-hydrogen) atoms. The van der Waals surface area contributed by atoms with Gasteiger partial charge in [0, 0.05) is 0 Å². The molecule has 2 rings (SSSR count). The minimum Gasteiger partial charge on any atom is -0.479 e. The number of urea groups is 1. The summed E-state index contributed by atoms with van der Waals surface area (Å²) in [7, 11) is 0. The summed E-state index contributed by atoms with van der Waals surface area (Å²) < 4.78 is 0. The molecule has 1 unspecified atom stereocenters. The van der Waals surface area contributed by atoms with E-state index in [0.717, 1.165) is 0 Å². The summed E-state index contributed by atoms with van der Waals surface area (Å²) in [5, 5.41) is 27.3. The Morgan fingerprint density at radius 1 is 1.24 bits per heavy atom.